The lowest BCUT2D eigenvalue weighted by molar-refractivity contribution is -0.130. The van der Waals surface area contributed by atoms with Gasteiger partial charge in [0.05, 0.1) is 11.6 Å². The first-order chi connectivity index (χ1) is 14.9. The number of nitrogens with one attached hydrogen (secondary N) is 4. The Hall–Kier alpha value is -3.72. The van der Waals surface area contributed by atoms with Crippen molar-refractivity contribution in [3.05, 3.63) is 66.5 Å². The van der Waals surface area contributed by atoms with Crippen LogP contribution >= 0.6 is 0 Å². The van der Waals surface area contributed by atoms with Crippen molar-refractivity contribution in [2.45, 2.75) is 26.2 Å². The molecule has 1 aliphatic heterocycles. The SMILES string of the molecule is CC1NC(n2nc(-c3ccccc3)cc2NC(=O)Nc2ccc(F)cc2)NC(=O)C1C. The summed E-state index contributed by atoms with van der Waals surface area (Å²) >= 11 is 0. The second-order valence-corrected chi connectivity index (χ2v) is 7.47. The lowest BCUT2D eigenvalue weighted by Crippen LogP contribution is -2.57. The second-order valence-electron chi connectivity index (χ2n) is 7.47. The largest absolute Gasteiger partial charge is 0.324 e. The van der Waals surface area contributed by atoms with Crippen LogP contribution in [0.5, 0.6) is 0 Å². The Morgan fingerprint density at radius 2 is 1.77 bits per heavy atom. The van der Waals surface area contributed by atoms with Gasteiger partial charge in [0.15, 0.2) is 6.29 Å². The van der Waals surface area contributed by atoms with Crippen LogP contribution in [0.25, 0.3) is 11.3 Å². The molecule has 4 N–H and O–H groups in total. The number of benzene rings is 2. The van der Waals surface area contributed by atoms with E-state index >= 15 is 0 Å². The lowest BCUT2D eigenvalue weighted by Gasteiger charge is -2.34. The van der Waals surface area contributed by atoms with Crippen LogP contribution in [0.4, 0.5) is 20.7 Å². The highest BCUT2D eigenvalue weighted by Crippen LogP contribution is 2.25. The molecule has 3 aromatic rings. The molecule has 160 valence electrons. The van der Waals surface area contributed by atoms with Crippen molar-refractivity contribution in [3.63, 3.8) is 0 Å². The van der Waals surface area contributed by atoms with Gasteiger partial charge in [0.1, 0.15) is 11.6 Å². The molecule has 4 rings (SSSR count). The van der Waals surface area contributed by atoms with Crippen molar-refractivity contribution in [3.8, 4) is 11.3 Å². The van der Waals surface area contributed by atoms with E-state index in [0.717, 1.165) is 5.56 Å². The third kappa shape index (κ3) is 4.56. The van der Waals surface area contributed by atoms with Crippen molar-refractivity contribution in [1.82, 2.24) is 20.4 Å². The summed E-state index contributed by atoms with van der Waals surface area (Å²) in [6, 6.07) is 16.1. The summed E-state index contributed by atoms with van der Waals surface area (Å²) in [5.41, 5.74) is 1.95. The Kier molecular flexibility index (Phi) is 5.68. The number of amides is 3. The predicted molar refractivity (Wildman–Crippen MR) is 116 cm³/mol. The van der Waals surface area contributed by atoms with Gasteiger partial charge in [-0.15, -0.1) is 0 Å². The summed E-state index contributed by atoms with van der Waals surface area (Å²) in [5.74, 6) is -0.301. The number of urea groups is 1. The van der Waals surface area contributed by atoms with E-state index in [9.17, 15) is 14.0 Å². The molecule has 0 radical (unpaired) electrons. The molecule has 0 saturated carbocycles. The molecule has 2 aromatic carbocycles. The van der Waals surface area contributed by atoms with Crippen molar-refractivity contribution < 1.29 is 14.0 Å². The minimum atomic E-state index is -0.628. The Balaban J connectivity index is 1.61. The number of carbonyl (C=O) groups is 2. The van der Waals surface area contributed by atoms with E-state index < -0.39 is 12.3 Å². The van der Waals surface area contributed by atoms with Crippen LogP contribution < -0.4 is 21.3 Å². The Bertz CT molecular complexity index is 1080. The molecular formula is C22H23FN6O2. The quantitative estimate of drug-likeness (QED) is 0.517. The Morgan fingerprint density at radius 3 is 2.45 bits per heavy atom. The van der Waals surface area contributed by atoms with E-state index in [1.165, 1.54) is 28.9 Å². The third-order valence-electron chi connectivity index (χ3n) is 5.26. The van der Waals surface area contributed by atoms with E-state index in [1.54, 1.807) is 6.07 Å². The molecular weight excluding hydrogens is 399 g/mol. The number of halogens is 1. The molecule has 3 unspecified atom stereocenters. The van der Waals surface area contributed by atoms with Crippen molar-refractivity contribution in [2.24, 2.45) is 5.92 Å². The van der Waals surface area contributed by atoms with Crippen molar-refractivity contribution in [1.29, 1.82) is 0 Å². The fraction of sp³-hybridized carbons (Fsp3) is 0.227. The third-order valence-corrected chi connectivity index (χ3v) is 5.26. The molecule has 0 spiro atoms. The Labute approximate surface area is 178 Å². The summed E-state index contributed by atoms with van der Waals surface area (Å²) in [6.45, 7) is 3.77. The molecule has 3 atom stereocenters. The predicted octanol–water partition coefficient (Wildman–Crippen LogP) is 3.53. The number of hydrogen-bond acceptors (Lipinski definition) is 4. The summed E-state index contributed by atoms with van der Waals surface area (Å²) in [5, 5.41) is 16.2. The van der Waals surface area contributed by atoms with Crippen LogP contribution in [0.2, 0.25) is 0 Å². The van der Waals surface area contributed by atoms with Crippen molar-refractivity contribution >= 4 is 23.4 Å². The molecule has 1 aromatic heterocycles. The van der Waals surface area contributed by atoms with E-state index in [1.807, 2.05) is 44.2 Å². The molecule has 8 nitrogen and oxygen atoms in total. The second kappa shape index (κ2) is 8.57. The molecule has 2 heterocycles. The fourth-order valence-corrected chi connectivity index (χ4v) is 3.31. The maximum absolute atomic E-state index is 13.1. The van der Waals surface area contributed by atoms with Gasteiger partial charge in [-0.1, -0.05) is 37.3 Å². The van der Waals surface area contributed by atoms with Gasteiger partial charge in [0, 0.05) is 23.4 Å². The molecule has 9 heteroatoms. The number of rotatable bonds is 4. The van der Waals surface area contributed by atoms with E-state index in [4.69, 9.17) is 0 Å². The average Bonchev–Trinajstić information content (AvgIpc) is 3.17. The number of nitrogens with zero attached hydrogens (tertiary/aromatic N) is 2. The van der Waals surface area contributed by atoms with Gasteiger partial charge in [-0.3, -0.25) is 15.4 Å². The van der Waals surface area contributed by atoms with Crippen LogP contribution in [0.3, 0.4) is 0 Å². The standard InChI is InChI=1S/C22H23FN6O2/c1-13-14(2)24-21(27-20(13)30)29-19(12-18(28-29)15-6-4-3-5-7-15)26-22(31)25-17-10-8-16(23)9-11-17/h3-14,21,24H,1-2H3,(H,27,30)(H2,25,26,31). The first kappa shape index (κ1) is 20.5. The van der Waals surface area contributed by atoms with E-state index in [0.29, 0.717) is 17.2 Å². The van der Waals surface area contributed by atoms with Gasteiger partial charge >= 0.3 is 6.03 Å². The molecule has 1 aliphatic rings. The number of aromatic nitrogens is 2. The van der Waals surface area contributed by atoms with E-state index in [2.05, 4.69) is 26.4 Å². The molecule has 1 saturated heterocycles. The smallest absolute Gasteiger partial charge is 0.322 e. The minimum absolute atomic E-state index is 0.0796. The van der Waals surface area contributed by atoms with E-state index in [-0.39, 0.29) is 23.7 Å². The van der Waals surface area contributed by atoms with Crippen molar-refractivity contribution in [2.75, 3.05) is 10.6 Å². The average molecular weight is 422 g/mol. The minimum Gasteiger partial charge on any atom is -0.322 e. The van der Waals surface area contributed by atoms with Crippen LogP contribution in [0.1, 0.15) is 20.1 Å². The Morgan fingerprint density at radius 1 is 1.06 bits per heavy atom. The maximum atomic E-state index is 13.1. The highest BCUT2D eigenvalue weighted by atomic mass is 19.1. The summed E-state index contributed by atoms with van der Waals surface area (Å²) in [6.07, 6.45) is -0.628. The lowest BCUT2D eigenvalue weighted by atomic mass is 10.0. The first-order valence-corrected chi connectivity index (χ1v) is 9.95. The first-order valence-electron chi connectivity index (χ1n) is 9.95. The fourth-order valence-electron chi connectivity index (χ4n) is 3.31. The van der Waals surface area contributed by atoms with Gasteiger partial charge in [-0.25, -0.2) is 13.9 Å². The highest BCUT2D eigenvalue weighted by molar-refractivity contribution is 5.99. The molecule has 0 bridgehead atoms. The molecule has 3 amide bonds. The number of anilines is 2. The van der Waals surface area contributed by atoms with Crippen LogP contribution in [-0.4, -0.2) is 27.8 Å². The molecule has 0 aliphatic carbocycles. The summed E-state index contributed by atoms with van der Waals surface area (Å²) < 4.78 is 14.6. The number of hydrogen-bond donors (Lipinski definition) is 4. The normalized spacial score (nSPS) is 20.7. The van der Waals surface area contributed by atoms with Gasteiger partial charge in [0.25, 0.3) is 0 Å². The molecule has 31 heavy (non-hydrogen) atoms. The van der Waals surface area contributed by atoms with Gasteiger partial charge in [-0.05, 0) is 31.2 Å². The highest BCUT2D eigenvalue weighted by Gasteiger charge is 2.32. The topological polar surface area (TPSA) is 100 Å². The summed E-state index contributed by atoms with van der Waals surface area (Å²) in [7, 11) is 0. The van der Waals surface area contributed by atoms with Crippen LogP contribution in [0.15, 0.2) is 60.7 Å². The number of carbonyl (C=O) groups excluding carboxylic acids is 2. The zero-order valence-electron chi connectivity index (χ0n) is 17.1. The summed E-state index contributed by atoms with van der Waals surface area (Å²) in [4.78, 5) is 24.9. The monoisotopic (exact) mass is 422 g/mol. The van der Waals surface area contributed by atoms with Gasteiger partial charge < -0.3 is 10.6 Å². The van der Waals surface area contributed by atoms with Gasteiger partial charge in [0.2, 0.25) is 5.91 Å². The van der Waals surface area contributed by atoms with Crippen LogP contribution in [0, 0.1) is 11.7 Å². The maximum Gasteiger partial charge on any atom is 0.324 e. The molecule has 1 fully saturated rings. The zero-order chi connectivity index (χ0) is 22.0. The zero-order valence-corrected chi connectivity index (χ0v) is 17.1. The van der Waals surface area contributed by atoms with Gasteiger partial charge in [-0.2, -0.15) is 5.10 Å². The van der Waals surface area contributed by atoms with Crippen LogP contribution in [-0.2, 0) is 4.79 Å².